The summed E-state index contributed by atoms with van der Waals surface area (Å²) >= 11 is 0. The van der Waals surface area contributed by atoms with E-state index in [0.29, 0.717) is 28.9 Å². The molecule has 2 fully saturated rings. The molecule has 190 valence electrons. The van der Waals surface area contributed by atoms with Crippen molar-refractivity contribution in [1.29, 1.82) is 5.26 Å². The van der Waals surface area contributed by atoms with Gasteiger partial charge in [0.1, 0.15) is 29.0 Å². The number of aryl methyl sites for hydroxylation is 1. The van der Waals surface area contributed by atoms with Gasteiger partial charge in [-0.05, 0) is 57.9 Å². The molecule has 0 spiro atoms. The fraction of sp³-hybridized carbons (Fsp3) is 0.429. The Kier molecular flexibility index (Phi) is 6.37. The first-order valence-electron chi connectivity index (χ1n) is 13.0. The van der Waals surface area contributed by atoms with Crippen LogP contribution in [0.2, 0.25) is 0 Å². The molecule has 2 aliphatic rings. The van der Waals surface area contributed by atoms with Crippen LogP contribution >= 0.6 is 0 Å². The van der Waals surface area contributed by atoms with Crippen molar-refractivity contribution >= 4 is 5.52 Å². The van der Waals surface area contributed by atoms with Crippen LogP contribution in [0.25, 0.3) is 16.6 Å². The molecule has 6 heterocycles. The number of fused-ring (bicyclic) bond motifs is 1. The van der Waals surface area contributed by atoms with E-state index in [0.717, 1.165) is 68.1 Å². The largest absolute Gasteiger partial charge is 0.482 e. The first-order valence-corrected chi connectivity index (χ1v) is 13.0. The zero-order valence-electron chi connectivity index (χ0n) is 21.2. The second kappa shape index (κ2) is 9.96. The minimum Gasteiger partial charge on any atom is -0.482 e. The van der Waals surface area contributed by atoms with Crippen LogP contribution in [0.3, 0.4) is 0 Å². The number of ether oxygens (including phenoxy) is 2. The van der Waals surface area contributed by atoms with Gasteiger partial charge in [0, 0.05) is 36.3 Å². The second-order valence-corrected chi connectivity index (χ2v) is 9.99. The van der Waals surface area contributed by atoms with Gasteiger partial charge in [0.05, 0.1) is 42.9 Å². The Bertz CT molecular complexity index is 1430. The maximum atomic E-state index is 9.68. The zero-order chi connectivity index (χ0) is 25.4. The van der Waals surface area contributed by atoms with Crippen molar-refractivity contribution < 1.29 is 9.47 Å². The van der Waals surface area contributed by atoms with Gasteiger partial charge < -0.3 is 9.47 Å². The minimum atomic E-state index is -0.291. The summed E-state index contributed by atoms with van der Waals surface area (Å²) in [6.45, 7) is 7.94. The third-order valence-corrected chi connectivity index (χ3v) is 7.58. The first-order chi connectivity index (χ1) is 18.1. The number of pyridine rings is 2. The van der Waals surface area contributed by atoms with Crippen LogP contribution in [0.5, 0.6) is 5.75 Å². The number of hydrogen-bond acceptors (Lipinski definition) is 7. The Morgan fingerprint density at radius 2 is 2.05 bits per heavy atom. The average molecular weight is 498 g/mol. The van der Waals surface area contributed by atoms with E-state index in [-0.39, 0.29) is 6.10 Å². The lowest BCUT2D eigenvalue weighted by molar-refractivity contribution is -0.0638. The summed E-state index contributed by atoms with van der Waals surface area (Å²) in [6, 6.07) is 11.0. The standard InChI is InChI=1S/C28H31N7O2/c1-19-25(16-34(32-19)23-6-5-10-33(11-8-23)24-17-36-18-24)21-12-27(28-22(13-29)14-31-35(28)15-21)37-20(2)26-7-3-4-9-30-26/h3-4,7,9,12,14-16,20,23-24H,5-6,8,10-11,17-18H2,1-2H3. The molecule has 2 atom stereocenters. The maximum Gasteiger partial charge on any atom is 0.148 e. The van der Waals surface area contributed by atoms with Crippen LogP contribution in [-0.4, -0.2) is 61.6 Å². The molecular formula is C28H31N7O2. The molecule has 0 N–H and O–H groups in total. The predicted octanol–water partition coefficient (Wildman–Crippen LogP) is 4.34. The molecule has 4 aromatic rings. The van der Waals surface area contributed by atoms with Gasteiger partial charge in [0.2, 0.25) is 0 Å². The molecule has 0 bridgehead atoms. The molecule has 0 aromatic carbocycles. The molecule has 37 heavy (non-hydrogen) atoms. The lowest BCUT2D eigenvalue weighted by atomic mass is 10.1. The summed E-state index contributed by atoms with van der Waals surface area (Å²) < 4.78 is 15.7. The van der Waals surface area contributed by atoms with Gasteiger partial charge in [-0.1, -0.05) is 6.07 Å². The Labute approximate surface area is 216 Å². The van der Waals surface area contributed by atoms with E-state index >= 15 is 0 Å². The summed E-state index contributed by atoms with van der Waals surface area (Å²) in [6.07, 6.45) is 10.5. The second-order valence-electron chi connectivity index (χ2n) is 9.99. The maximum absolute atomic E-state index is 9.68. The van der Waals surface area contributed by atoms with Crippen LogP contribution in [0.4, 0.5) is 0 Å². The SMILES string of the molecule is Cc1nn(C2CCCN(C3COC3)CC2)cc1-c1cc(OC(C)c2ccccn2)c2c(C#N)cnn2c1. The highest BCUT2D eigenvalue weighted by atomic mass is 16.5. The average Bonchev–Trinajstić information content (AvgIpc) is 3.40. The van der Waals surface area contributed by atoms with Crippen molar-refractivity contribution in [2.24, 2.45) is 0 Å². The molecule has 9 nitrogen and oxygen atoms in total. The normalized spacial score (nSPS) is 19.8. The fourth-order valence-corrected chi connectivity index (χ4v) is 5.39. The van der Waals surface area contributed by atoms with Crippen molar-refractivity contribution in [3.05, 3.63) is 66.0 Å². The molecule has 9 heteroatoms. The van der Waals surface area contributed by atoms with Gasteiger partial charge in [0.25, 0.3) is 0 Å². The molecule has 0 radical (unpaired) electrons. The summed E-state index contributed by atoms with van der Waals surface area (Å²) in [5, 5.41) is 19.1. The van der Waals surface area contributed by atoms with E-state index in [2.05, 4.69) is 31.9 Å². The third-order valence-electron chi connectivity index (χ3n) is 7.58. The highest BCUT2D eigenvalue weighted by Crippen LogP contribution is 2.35. The van der Waals surface area contributed by atoms with Gasteiger partial charge in [-0.2, -0.15) is 15.5 Å². The van der Waals surface area contributed by atoms with E-state index in [1.54, 1.807) is 16.9 Å². The Morgan fingerprint density at radius 1 is 1.16 bits per heavy atom. The summed E-state index contributed by atoms with van der Waals surface area (Å²) in [5.41, 5.74) is 4.91. The summed E-state index contributed by atoms with van der Waals surface area (Å²) in [5.74, 6) is 0.602. The summed E-state index contributed by atoms with van der Waals surface area (Å²) in [7, 11) is 0. The predicted molar refractivity (Wildman–Crippen MR) is 138 cm³/mol. The zero-order valence-corrected chi connectivity index (χ0v) is 21.2. The van der Waals surface area contributed by atoms with Crippen LogP contribution in [0.15, 0.2) is 49.1 Å². The smallest absolute Gasteiger partial charge is 0.148 e. The Hall–Kier alpha value is -3.74. The van der Waals surface area contributed by atoms with Crippen LogP contribution < -0.4 is 4.74 Å². The Morgan fingerprint density at radius 3 is 2.81 bits per heavy atom. The monoisotopic (exact) mass is 497 g/mol. The number of nitrogens with zero attached hydrogens (tertiary/aromatic N) is 7. The molecule has 0 saturated carbocycles. The highest BCUT2D eigenvalue weighted by Gasteiger charge is 2.29. The van der Waals surface area contributed by atoms with Gasteiger partial charge in [-0.3, -0.25) is 14.6 Å². The van der Waals surface area contributed by atoms with E-state index < -0.39 is 0 Å². The van der Waals surface area contributed by atoms with Crippen molar-refractivity contribution in [3.8, 4) is 22.9 Å². The van der Waals surface area contributed by atoms with Crippen LogP contribution in [-0.2, 0) is 4.74 Å². The molecule has 2 aliphatic heterocycles. The van der Waals surface area contributed by atoms with Gasteiger partial charge in [-0.15, -0.1) is 0 Å². The number of rotatable bonds is 6. The van der Waals surface area contributed by atoms with Gasteiger partial charge in [-0.25, -0.2) is 4.52 Å². The molecule has 6 rings (SSSR count). The molecule has 0 aliphatic carbocycles. The molecule has 4 aromatic heterocycles. The lowest BCUT2D eigenvalue weighted by Crippen LogP contribution is -2.49. The number of hydrogen-bond donors (Lipinski definition) is 0. The van der Waals surface area contributed by atoms with Crippen molar-refractivity contribution in [2.45, 2.75) is 51.3 Å². The highest BCUT2D eigenvalue weighted by molar-refractivity contribution is 5.76. The summed E-state index contributed by atoms with van der Waals surface area (Å²) in [4.78, 5) is 7.01. The van der Waals surface area contributed by atoms with E-state index in [9.17, 15) is 5.26 Å². The minimum absolute atomic E-state index is 0.291. The molecule has 2 unspecified atom stereocenters. The Balaban J connectivity index is 1.31. The number of nitriles is 1. The number of likely N-dealkylation sites (tertiary alicyclic amines) is 1. The van der Waals surface area contributed by atoms with Crippen LogP contribution in [0, 0.1) is 18.3 Å². The third kappa shape index (κ3) is 4.59. The molecule has 0 amide bonds. The molecule has 2 saturated heterocycles. The van der Waals surface area contributed by atoms with Crippen LogP contribution in [0.1, 0.15) is 55.3 Å². The first kappa shape index (κ1) is 23.6. The fourth-order valence-electron chi connectivity index (χ4n) is 5.39. The van der Waals surface area contributed by atoms with E-state index in [1.807, 2.05) is 44.3 Å². The van der Waals surface area contributed by atoms with Crippen molar-refractivity contribution in [3.63, 3.8) is 0 Å². The van der Waals surface area contributed by atoms with Crippen molar-refractivity contribution in [1.82, 2.24) is 29.3 Å². The number of aromatic nitrogens is 5. The lowest BCUT2D eigenvalue weighted by Gasteiger charge is -2.36. The molecular weight excluding hydrogens is 466 g/mol. The van der Waals surface area contributed by atoms with E-state index in [4.69, 9.17) is 14.6 Å². The van der Waals surface area contributed by atoms with Gasteiger partial charge >= 0.3 is 0 Å². The topological polar surface area (TPSA) is 93.5 Å². The van der Waals surface area contributed by atoms with Gasteiger partial charge in [0.15, 0.2) is 0 Å². The quantitative estimate of drug-likeness (QED) is 0.391. The van der Waals surface area contributed by atoms with Crippen molar-refractivity contribution in [2.75, 3.05) is 26.3 Å². The van der Waals surface area contributed by atoms with E-state index in [1.165, 1.54) is 0 Å².